The standard InChI is InChI=1S/C13H31NO5P2/c1-12(2)14(13(3)4)20(15)19-10-8-7-9-11-21(16,17-5)18-6/h12-13,15H,7-11H2,1-6H3. The van der Waals surface area contributed by atoms with Crippen LogP contribution in [0, 0.1) is 0 Å². The van der Waals surface area contributed by atoms with Crippen molar-refractivity contribution >= 4 is 16.1 Å². The summed E-state index contributed by atoms with van der Waals surface area (Å²) in [6, 6.07) is 0.491. The third kappa shape index (κ3) is 8.61. The first kappa shape index (κ1) is 21.5. The molecular formula is C13H31NO5P2. The summed E-state index contributed by atoms with van der Waals surface area (Å²) in [5, 5.41) is 0. The van der Waals surface area contributed by atoms with E-state index in [0.717, 1.165) is 19.3 Å². The van der Waals surface area contributed by atoms with Gasteiger partial charge in [0.1, 0.15) is 0 Å². The average Bonchev–Trinajstić information content (AvgIpc) is 2.41. The van der Waals surface area contributed by atoms with Crippen molar-refractivity contribution in [3.63, 3.8) is 0 Å². The second-order valence-electron chi connectivity index (χ2n) is 5.41. The lowest BCUT2D eigenvalue weighted by atomic mass is 10.3. The Morgan fingerprint density at radius 3 is 2.00 bits per heavy atom. The molecule has 0 aliphatic heterocycles. The van der Waals surface area contributed by atoms with E-state index in [4.69, 9.17) is 13.6 Å². The van der Waals surface area contributed by atoms with Gasteiger partial charge in [0.25, 0.3) is 8.53 Å². The van der Waals surface area contributed by atoms with Crippen LogP contribution >= 0.6 is 16.1 Å². The predicted octanol–water partition coefficient (Wildman–Crippen LogP) is 4.00. The lowest BCUT2D eigenvalue weighted by molar-refractivity contribution is 0.209. The lowest BCUT2D eigenvalue weighted by Gasteiger charge is -2.32. The lowest BCUT2D eigenvalue weighted by Crippen LogP contribution is -2.32. The Hall–Kier alpha value is 0.460. The van der Waals surface area contributed by atoms with E-state index in [2.05, 4.69) is 0 Å². The Labute approximate surface area is 130 Å². The molecule has 1 N–H and O–H groups in total. The third-order valence-electron chi connectivity index (χ3n) is 3.10. The van der Waals surface area contributed by atoms with Crippen LogP contribution in [-0.4, -0.2) is 48.6 Å². The molecule has 1 unspecified atom stereocenters. The second-order valence-corrected chi connectivity index (χ2v) is 9.04. The molecule has 0 amide bonds. The molecule has 0 aliphatic rings. The molecule has 21 heavy (non-hydrogen) atoms. The molecule has 0 aromatic rings. The van der Waals surface area contributed by atoms with E-state index in [9.17, 15) is 9.46 Å². The molecule has 0 spiro atoms. The Morgan fingerprint density at radius 2 is 1.57 bits per heavy atom. The number of unbranched alkanes of at least 4 members (excludes halogenated alkanes) is 2. The highest BCUT2D eigenvalue weighted by atomic mass is 31.2. The van der Waals surface area contributed by atoms with Crippen molar-refractivity contribution in [3.8, 4) is 0 Å². The van der Waals surface area contributed by atoms with E-state index < -0.39 is 16.1 Å². The maximum atomic E-state index is 11.8. The summed E-state index contributed by atoms with van der Waals surface area (Å²) in [5.74, 6) is 0. The maximum Gasteiger partial charge on any atom is 0.330 e. The molecule has 0 aliphatic carbocycles. The van der Waals surface area contributed by atoms with E-state index in [0.29, 0.717) is 12.8 Å². The van der Waals surface area contributed by atoms with E-state index in [1.165, 1.54) is 14.2 Å². The van der Waals surface area contributed by atoms with Crippen LogP contribution in [0.4, 0.5) is 0 Å². The van der Waals surface area contributed by atoms with E-state index in [-0.39, 0.29) is 12.1 Å². The van der Waals surface area contributed by atoms with Gasteiger partial charge in [0, 0.05) is 26.3 Å². The van der Waals surface area contributed by atoms with Crippen LogP contribution in [0.3, 0.4) is 0 Å². The SMILES string of the molecule is COP(=O)(CCCCCOP(O)N(C(C)C)C(C)C)OC. The minimum atomic E-state index is -2.89. The molecule has 0 heterocycles. The summed E-state index contributed by atoms with van der Waals surface area (Å²) < 4.78 is 29.1. The fourth-order valence-electron chi connectivity index (χ4n) is 2.05. The molecule has 0 aromatic carbocycles. The first-order valence-corrected chi connectivity index (χ1v) is 10.3. The van der Waals surface area contributed by atoms with Crippen molar-refractivity contribution in [2.45, 2.75) is 59.0 Å². The molecule has 0 saturated heterocycles. The maximum absolute atomic E-state index is 11.8. The Kier molecular flexibility index (Phi) is 11.3. The van der Waals surface area contributed by atoms with Gasteiger partial charge in [-0.2, -0.15) is 0 Å². The molecule has 128 valence electrons. The van der Waals surface area contributed by atoms with Crippen LogP contribution in [-0.2, 0) is 18.1 Å². The van der Waals surface area contributed by atoms with E-state index in [1.54, 1.807) is 0 Å². The zero-order valence-electron chi connectivity index (χ0n) is 14.1. The Balaban J connectivity index is 3.88. The van der Waals surface area contributed by atoms with Gasteiger partial charge in [0.2, 0.25) is 0 Å². The van der Waals surface area contributed by atoms with Crippen LogP contribution in [0.25, 0.3) is 0 Å². The van der Waals surface area contributed by atoms with Gasteiger partial charge < -0.3 is 18.5 Å². The zero-order chi connectivity index (χ0) is 16.5. The molecule has 0 radical (unpaired) electrons. The normalized spacial score (nSPS) is 14.4. The molecule has 0 aromatic heterocycles. The van der Waals surface area contributed by atoms with Crippen molar-refractivity contribution in [2.75, 3.05) is 27.0 Å². The highest BCUT2D eigenvalue weighted by Crippen LogP contribution is 2.47. The average molecular weight is 343 g/mol. The Morgan fingerprint density at radius 1 is 1.05 bits per heavy atom. The molecular weight excluding hydrogens is 312 g/mol. The summed E-state index contributed by atoms with van der Waals surface area (Å²) in [6.45, 7) is 8.68. The van der Waals surface area contributed by atoms with Gasteiger partial charge in [-0.15, -0.1) is 0 Å². The van der Waals surface area contributed by atoms with E-state index >= 15 is 0 Å². The van der Waals surface area contributed by atoms with Crippen LogP contribution < -0.4 is 0 Å². The van der Waals surface area contributed by atoms with Gasteiger partial charge >= 0.3 is 7.60 Å². The van der Waals surface area contributed by atoms with Crippen LogP contribution in [0.2, 0.25) is 0 Å². The smallest absolute Gasteiger partial charge is 0.330 e. The van der Waals surface area contributed by atoms with Gasteiger partial charge in [0.05, 0.1) is 12.8 Å². The van der Waals surface area contributed by atoms with Crippen LogP contribution in [0.5, 0.6) is 0 Å². The topological polar surface area (TPSA) is 68.2 Å². The highest BCUT2D eigenvalue weighted by molar-refractivity contribution is 7.53. The monoisotopic (exact) mass is 343 g/mol. The van der Waals surface area contributed by atoms with Crippen molar-refractivity contribution < 1.29 is 23.0 Å². The van der Waals surface area contributed by atoms with Gasteiger partial charge in [-0.05, 0) is 40.5 Å². The van der Waals surface area contributed by atoms with Crippen LogP contribution in [0.15, 0.2) is 0 Å². The number of hydrogen-bond donors (Lipinski definition) is 1. The molecule has 1 atom stereocenters. The second kappa shape index (κ2) is 11.1. The van der Waals surface area contributed by atoms with Crippen molar-refractivity contribution in [1.82, 2.24) is 4.67 Å². The van der Waals surface area contributed by atoms with Gasteiger partial charge in [-0.25, -0.2) is 4.67 Å². The van der Waals surface area contributed by atoms with E-state index in [1.807, 2.05) is 32.4 Å². The summed E-state index contributed by atoms with van der Waals surface area (Å²) in [7, 11) is -1.63. The highest BCUT2D eigenvalue weighted by Gasteiger charge is 2.24. The number of hydrogen-bond acceptors (Lipinski definition) is 6. The summed E-state index contributed by atoms with van der Waals surface area (Å²) in [6.07, 6.45) is 2.85. The molecule has 8 heteroatoms. The van der Waals surface area contributed by atoms with Gasteiger partial charge in [-0.1, -0.05) is 6.42 Å². The minimum Gasteiger partial charge on any atom is -0.338 e. The fraction of sp³-hybridized carbons (Fsp3) is 1.00. The number of nitrogens with zero attached hydrogens (tertiary/aromatic N) is 1. The van der Waals surface area contributed by atoms with Crippen molar-refractivity contribution in [3.05, 3.63) is 0 Å². The zero-order valence-corrected chi connectivity index (χ0v) is 15.9. The summed E-state index contributed by atoms with van der Waals surface area (Å²) >= 11 is 0. The Bertz CT molecular complexity index is 299. The molecule has 0 rings (SSSR count). The first-order chi connectivity index (χ1) is 9.77. The molecule has 0 saturated carbocycles. The van der Waals surface area contributed by atoms with Crippen LogP contribution in [0.1, 0.15) is 47.0 Å². The largest absolute Gasteiger partial charge is 0.338 e. The molecule has 6 nitrogen and oxygen atoms in total. The minimum absolute atomic E-state index is 0.246. The van der Waals surface area contributed by atoms with Gasteiger partial charge in [-0.3, -0.25) is 4.57 Å². The predicted molar refractivity (Wildman–Crippen MR) is 87.5 cm³/mol. The quantitative estimate of drug-likeness (QED) is 0.427. The first-order valence-electron chi connectivity index (χ1n) is 7.38. The summed E-state index contributed by atoms with van der Waals surface area (Å²) in [4.78, 5) is 10.1. The number of rotatable bonds is 12. The molecule has 0 fully saturated rings. The fourth-order valence-corrected chi connectivity index (χ4v) is 4.39. The molecule has 0 bridgehead atoms. The van der Waals surface area contributed by atoms with Crippen molar-refractivity contribution in [1.29, 1.82) is 0 Å². The van der Waals surface area contributed by atoms with Gasteiger partial charge in [0.15, 0.2) is 0 Å². The van der Waals surface area contributed by atoms with Crippen molar-refractivity contribution in [2.24, 2.45) is 0 Å². The third-order valence-corrected chi connectivity index (χ3v) is 6.80. The summed E-state index contributed by atoms with van der Waals surface area (Å²) in [5.41, 5.74) is 0.